The maximum atomic E-state index is 13.0. The number of hydrogen-bond acceptors (Lipinski definition) is 4. The van der Waals surface area contributed by atoms with E-state index in [-0.39, 0.29) is 17.7 Å². The Labute approximate surface area is 152 Å². The quantitative estimate of drug-likeness (QED) is 0.693. The van der Waals surface area contributed by atoms with Gasteiger partial charge in [0.05, 0.1) is 6.61 Å². The summed E-state index contributed by atoms with van der Waals surface area (Å²) in [4.78, 5) is 30.5. The third-order valence-electron chi connectivity index (χ3n) is 4.21. The van der Waals surface area contributed by atoms with E-state index in [2.05, 4.69) is 4.98 Å². The molecular formula is C21H22N2O3. The van der Waals surface area contributed by atoms with Crippen LogP contribution in [-0.4, -0.2) is 29.5 Å². The van der Waals surface area contributed by atoms with Crippen molar-refractivity contribution < 1.29 is 9.53 Å². The zero-order chi connectivity index (χ0) is 18.5. The first-order chi connectivity index (χ1) is 12.6. The van der Waals surface area contributed by atoms with Crippen LogP contribution in [0.2, 0.25) is 0 Å². The van der Waals surface area contributed by atoms with Gasteiger partial charge in [-0.25, -0.2) is 4.79 Å². The number of para-hydroxylation sites is 1. The van der Waals surface area contributed by atoms with Crippen molar-refractivity contribution in [2.75, 3.05) is 13.7 Å². The van der Waals surface area contributed by atoms with Crippen LogP contribution in [0.5, 0.6) is 0 Å². The topological polar surface area (TPSA) is 62.4 Å². The van der Waals surface area contributed by atoms with Crippen molar-refractivity contribution >= 4 is 16.9 Å². The maximum Gasteiger partial charge on any atom is 0.355 e. The van der Waals surface area contributed by atoms with Gasteiger partial charge >= 0.3 is 5.97 Å². The van der Waals surface area contributed by atoms with E-state index < -0.39 is 5.97 Å². The molecule has 134 valence electrons. The number of ether oxygens (including phenoxy) is 1. The lowest BCUT2D eigenvalue weighted by Crippen LogP contribution is -2.26. The second kappa shape index (κ2) is 7.97. The van der Waals surface area contributed by atoms with E-state index in [1.807, 2.05) is 54.4 Å². The number of aromatic nitrogens is 1. The lowest BCUT2D eigenvalue weighted by molar-refractivity contribution is 0.0517. The van der Waals surface area contributed by atoms with Gasteiger partial charge in [-0.1, -0.05) is 42.5 Å². The minimum absolute atomic E-state index is 0.137. The monoisotopic (exact) mass is 350 g/mol. The summed E-state index contributed by atoms with van der Waals surface area (Å²) in [7, 11) is 1.93. The van der Waals surface area contributed by atoms with E-state index >= 15 is 0 Å². The van der Waals surface area contributed by atoms with E-state index in [4.69, 9.17) is 4.74 Å². The van der Waals surface area contributed by atoms with Crippen LogP contribution in [-0.2, 0) is 17.8 Å². The Bertz CT molecular complexity index is 964. The Hall–Kier alpha value is -2.92. The van der Waals surface area contributed by atoms with Gasteiger partial charge in [0.1, 0.15) is 5.69 Å². The Morgan fingerprint density at radius 3 is 2.46 bits per heavy atom. The van der Waals surface area contributed by atoms with Crippen LogP contribution in [0.4, 0.5) is 0 Å². The first kappa shape index (κ1) is 17.9. The number of H-pyrrole nitrogens is 1. The summed E-state index contributed by atoms with van der Waals surface area (Å²) in [6, 6.07) is 17.2. The maximum absolute atomic E-state index is 13.0. The molecule has 1 N–H and O–H groups in total. The van der Waals surface area contributed by atoms with Gasteiger partial charge in [-0.2, -0.15) is 0 Å². The largest absolute Gasteiger partial charge is 0.461 e. The molecule has 26 heavy (non-hydrogen) atoms. The number of aromatic amines is 1. The lowest BCUT2D eigenvalue weighted by atomic mass is 10.1. The van der Waals surface area contributed by atoms with E-state index in [0.29, 0.717) is 29.6 Å². The molecular weight excluding hydrogens is 328 g/mol. The molecule has 3 aromatic rings. The molecule has 0 aliphatic rings. The van der Waals surface area contributed by atoms with Gasteiger partial charge in [-0.3, -0.25) is 9.69 Å². The first-order valence-electron chi connectivity index (χ1n) is 8.63. The number of carbonyl (C=O) groups is 1. The molecule has 0 aliphatic carbocycles. The fourth-order valence-electron chi connectivity index (χ4n) is 3.03. The highest BCUT2D eigenvalue weighted by atomic mass is 16.5. The lowest BCUT2D eigenvalue weighted by Gasteiger charge is -2.18. The third-order valence-corrected chi connectivity index (χ3v) is 4.21. The average molecular weight is 350 g/mol. The summed E-state index contributed by atoms with van der Waals surface area (Å²) in [5.74, 6) is -0.501. The third kappa shape index (κ3) is 3.83. The Morgan fingerprint density at radius 2 is 1.73 bits per heavy atom. The Morgan fingerprint density at radius 1 is 1.04 bits per heavy atom. The zero-order valence-electron chi connectivity index (χ0n) is 15.0. The predicted molar refractivity (Wildman–Crippen MR) is 102 cm³/mol. The van der Waals surface area contributed by atoms with Crippen LogP contribution in [0.1, 0.15) is 28.5 Å². The van der Waals surface area contributed by atoms with Gasteiger partial charge in [0, 0.05) is 29.6 Å². The van der Waals surface area contributed by atoms with Crippen LogP contribution in [0.3, 0.4) is 0 Å². The van der Waals surface area contributed by atoms with E-state index in [9.17, 15) is 9.59 Å². The Kier molecular flexibility index (Phi) is 5.49. The number of rotatable bonds is 6. The molecule has 0 saturated carbocycles. The molecule has 1 heterocycles. The predicted octanol–water partition coefficient (Wildman–Crippen LogP) is 3.34. The van der Waals surface area contributed by atoms with Crippen molar-refractivity contribution in [3.05, 3.63) is 81.6 Å². The fraction of sp³-hybridized carbons (Fsp3) is 0.238. The second-order valence-corrected chi connectivity index (χ2v) is 6.23. The van der Waals surface area contributed by atoms with E-state index in [0.717, 1.165) is 5.56 Å². The van der Waals surface area contributed by atoms with Gasteiger partial charge in [0.25, 0.3) is 0 Å². The molecule has 2 aromatic carbocycles. The summed E-state index contributed by atoms with van der Waals surface area (Å²) in [5, 5.41) is 0.573. The number of carbonyl (C=O) groups excluding carboxylic acids is 1. The van der Waals surface area contributed by atoms with Gasteiger partial charge < -0.3 is 9.72 Å². The minimum atomic E-state index is -0.501. The number of hydrogen-bond donors (Lipinski definition) is 1. The van der Waals surface area contributed by atoms with Crippen LogP contribution < -0.4 is 5.43 Å². The van der Waals surface area contributed by atoms with E-state index in [1.54, 1.807) is 19.1 Å². The molecule has 0 radical (unpaired) electrons. The van der Waals surface area contributed by atoms with Crippen molar-refractivity contribution in [2.24, 2.45) is 0 Å². The molecule has 0 amide bonds. The summed E-state index contributed by atoms with van der Waals surface area (Å²) in [6.45, 7) is 3.03. The molecule has 0 bridgehead atoms. The van der Waals surface area contributed by atoms with Crippen LogP contribution in [0, 0.1) is 0 Å². The van der Waals surface area contributed by atoms with Gasteiger partial charge in [-0.05, 0) is 31.7 Å². The summed E-state index contributed by atoms with van der Waals surface area (Å²) < 4.78 is 5.14. The minimum Gasteiger partial charge on any atom is -0.461 e. The standard InChI is InChI=1S/C21H22N2O3/c1-3-26-21(25)19-17(14-23(2)13-15-9-5-4-6-10-15)20(24)16-11-7-8-12-18(16)22-19/h4-12H,3,13-14H2,1-2H3,(H,22,24). The summed E-state index contributed by atoms with van der Waals surface area (Å²) >= 11 is 0. The van der Waals surface area contributed by atoms with Crippen LogP contribution >= 0.6 is 0 Å². The smallest absolute Gasteiger partial charge is 0.355 e. The number of benzene rings is 2. The zero-order valence-corrected chi connectivity index (χ0v) is 15.0. The van der Waals surface area contributed by atoms with Gasteiger partial charge in [0.15, 0.2) is 5.43 Å². The number of nitrogens with one attached hydrogen (secondary N) is 1. The Balaban J connectivity index is 1.99. The van der Waals surface area contributed by atoms with Crippen molar-refractivity contribution in [1.29, 1.82) is 0 Å². The van der Waals surface area contributed by atoms with Gasteiger partial charge in [0.2, 0.25) is 0 Å². The molecule has 5 nitrogen and oxygen atoms in total. The second-order valence-electron chi connectivity index (χ2n) is 6.23. The average Bonchev–Trinajstić information content (AvgIpc) is 2.65. The number of pyridine rings is 1. The van der Waals surface area contributed by atoms with E-state index in [1.165, 1.54) is 0 Å². The first-order valence-corrected chi connectivity index (χ1v) is 8.63. The van der Waals surface area contributed by atoms with Crippen molar-refractivity contribution in [2.45, 2.75) is 20.0 Å². The van der Waals surface area contributed by atoms with Crippen LogP contribution in [0.25, 0.3) is 10.9 Å². The molecule has 0 fully saturated rings. The normalized spacial score (nSPS) is 11.0. The molecule has 0 unspecified atom stereocenters. The number of nitrogens with zero attached hydrogens (tertiary/aromatic N) is 1. The van der Waals surface area contributed by atoms with Crippen molar-refractivity contribution in [1.82, 2.24) is 9.88 Å². The SMILES string of the molecule is CCOC(=O)c1[nH]c2ccccc2c(=O)c1CN(C)Cc1ccccc1. The number of esters is 1. The summed E-state index contributed by atoms with van der Waals surface area (Å²) in [6.07, 6.45) is 0. The molecule has 3 rings (SSSR count). The van der Waals surface area contributed by atoms with Crippen molar-refractivity contribution in [3.63, 3.8) is 0 Å². The highest BCUT2D eigenvalue weighted by Crippen LogP contribution is 2.15. The van der Waals surface area contributed by atoms with Crippen molar-refractivity contribution in [3.8, 4) is 0 Å². The molecule has 1 aromatic heterocycles. The fourth-order valence-corrected chi connectivity index (χ4v) is 3.03. The highest BCUT2D eigenvalue weighted by molar-refractivity contribution is 5.92. The van der Waals surface area contributed by atoms with Crippen LogP contribution in [0.15, 0.2) is 59.4 Å². The van der Waals surface area contributed by atoms with Gasteiger partial charge in [-0.15, -0.1) is 0 Å². The molecule has 0 saturated heterocycles. The molecule has 5 heteroatoms. The molecule has 0 aliphatic heterocycles. The number of fused-ring (bicyclic) bond motifs is 1. The highest BCUT2D eigenvalue weighted by Gasteiger charge is 2.20. The summed E-state index contributed by atoms with van der Waals surface area (Å²) in [5.41, 5.74) is 2.30. The molecule has 0 atom stereocenters. The molecule has 0 spiro atoms.